The number of aromatic nitrogens is 4. The summed E-state index contributed by atoms with van der Waals surface area (Å²) in [5.74, 6) is -0.707. The third kappa shape index (κ3) is 3.07. The molecule has 7 nitrogen and oxygen atoms in total. The third-order valence-electron chi connectivity index (χ3n) is 4.86. The van der Waals surface area contributed by atoms with Crippen molar-refractivity contribution in [1.29, 1.82) is 0 Å². The fraction of sp³-hybridized carbons (Fsp3) is 0.211. The standard InChI is InChI=1S/C19H15F4N5O2/c1-9-14(10-3-4-13-26-12(24-8-29)7-28(13)6-10)11-5-25-27-17(11)15(16(9)20)18(30-2)19(21,22)23/h3-8,18H,1-2H3,(H,24,29)(H,25,27). The number of anilines is 1. The van der Waals surface area contributed by atoms with E-state index in [4.69, 9.17) is 0 Å². The van der Waals surface area contributed by atoms with Crippen molar-refractivity contribution in [3.8, 4) is 11.1 Å². The zero-order valence-electron chi connectivity index (χ0n) is 15.7. The van der Waals surface area contributed by atoms with Crippen LogP contribution in [-0.4, -0.2) is 39.3 Å². The molecule has 2 N–H and O–H groups in total. The van der Waals surface area contributed by atoms with E-state index in [2.05, 4.69) is 25.2 Å². The topological polar surface area (TPSA) is 84.3 Å². The van der Waals surface area contributed by atoms with E-state index in [-0.39, 0.29) is 11.1 Å². The average molecular weight is 421 g/mol. The number of carbonyl (C=O) groups is 1. The molecule has 0 aliphatic rings. The molecule has 0 fully saturated rings. The molecule has 3 aromatic heterocycles. The lowest BCUT2D eigenvalue weighted by molar-refractivity contribution is -0.216. The van der Waals surface area contributed by atoms with Crippen molar-refractivity contribution in [3.05, 3.63) is 47.7 Å². The molecule has 30 heavy (non-hydrogen) atoms. The first-order valence-corrected chi connectivity index (χ1v) is 8.70. The minimum Gasteiger partial charge on any atom is -0.367 e. The highest BCUT2D eigenvalue weighted by Gasteiger charge is 2.44. The van der Waals surface area contributed by atoms with Crippen molar-refractivity contribution >= 4 is 28.8 Å². The number of imidazole rings is 1. The first-order chi connectivity index (χ1) is 14.3. The summed E-state index contributed by atoms with van der Waals surface area (Å²) >= 11 is 0. The number of halogens is 4. The van der Waals surface area contributed by atoms with Crippen molar-refractivity contribution < 1.29 is 27.1 Å². The molecule has 1 unspecified atom stereocenters. The van der Waals surface area contributed by atoms with E-state index in [1.807, 2.05) is 0 Å². The number of fused-ring (bicyclic) bond motifs is 2. The Morgan fingerprint density at radius 2 is 2.07 bits per heavy atom. The third-order valence-corrected chi connectivity index (χ3v) is 4.86. The number of hydrogen-bond acceptors (Lipinski definition) is 4. The van der Waals surface area contributed by atoms with E-state index >= 15 is 4.39 Å². The second-order valence-corrected chi connectivity index (χ2v) is 6.62. The highest BCUT2D eigenvalue weighted by Crippen LogP contribution is 2.43. The number of carbonyl (C=O) groups excluding carboxylic acids is 1. The number of ether oxygens (including phenoxy) is 1. The number of alkyl halides is 3. The molecule has 3 heterocycles. The molecule has 0 spiro atoms. The van der Waals surface area contributed by atoms with Crippen LogP contribution in [0, 0.1) is 12.7 Å². The van der Waals surface area contributed by atoms with Crippen molar-refractivity contribution in [1.82, 2.24) is 19.6 Å². The molecule has 11 heteroatoms. The van der Waals surface area contributed by atoms with E-state index in [9.17, 15) is 18.0 Å². The van der Waals surface area contributed by atoms with Crippen LogP contribution in [0.1, 0.15) is 17.2 Å². The van der Waals surface area contributed by atoms with Crippen LogP contribution in [0.15, 0.2) is 30.7 Å². The molecule has 156 valence electrons. The summed E-state index contributed by atoms with van der Waals surface area (Å²) in [7, 11) is 0.876. The Hall–Kier alpha value is -3.47. The Morgan fingerprint density at radius 3 is 2.73 bits per heavy atom. The van der Waals surface area contributed by atoms with Crippen LogP contribution in [0.4, 0.5) is 23.4 Å². The van der Waals surface area contributed by atoms with Gasteiger partial charge in [0.05, 0.1) is 23.5 Å². The maximum absolute atomic E-state index is 15.2. The number of pyridine rings is 1. The van der Waals surface area contributed by atoms with Crippen LogP contribution < -0.4 is 5.32 Å². The van der Waals surface area contributed by atoms with Gasteiger partial charge >= 0.3 is 6.18 Å². The van der Waals surface area contributed by atoms with Crippen molar-refractivity contribution in [3.63, 3.8) is 0 Å². The van der Waals surface area contributed by atoms with Gasteiger partial charge in [-0.05, 0) is 35.7 Å². The number of H-pyrrole nitrogens is 1. The van der Waals surface area contributed by atoms with Gasteiger partial charge in [0.2, 0.25) is 6.41 Å². The zero-order valence-corrected chi connectivity index (χ0v) is 15.7. The minimum atomic E-state index is -4.81. The quantitative estimate of drug-likeness (QED) is 0.375. The van der Waals surface area contributed by atoms with Crippen molar-refractivity contribution in [2.24, 2.45) is 0 Å². The van der Waals surface area contributed by atoms with Crippen molar-refractivity contribution in [2.75, 3.05) is 12.4 Å². The van der Waals surface area contributed by atoms with E-state index in [1.54, 1.807) is 28.9 Å². The Morgan fingerprint density at radius 1 is 1.30 bits per heavy atom. The Bertz CT molecular complexity index is 1260. The van der Waals surface area contributed by atoms with Gasteiger partial charge in [0.25, 0.3) is 0 Å². The smallest absolute Gasteiger partial charge is 0.367 e. The molecule has 0 saturated heterocycles. The fourth-order valence-electron chi connectivity index (χ4n) is 3.61. The number of aromatic amines is 1. The van der Waals surface area contributed by atoms with Gasteiger partial charge < -0.3 is 14.5 Å². The summed E-state index contributed by atoms with van der Waals surface area (Å²) in [6.07, 6.45) is -2.21. The molecule has 0 bridgehead atoms. The summed E-state index contributed by atoms with van der Waals surface area (Å²) in [6, 6.07) is 3.31. The van der Waals surface area contributed by atoms with Gasteiger partial charge in [-0.3, -0.25) is 9.89 Å². The largest absolute Gasteiger partial charge is 0.419 e. The highest BCUT2D eigenvalue weighted by atomic mass is 19.4. The summed E-state index contributed by atoms with van der Waals surface area (Å²) in [6.45, 7) is 1.40. The molecule has 0 aliphatic carbocycles. The van der Waals surface area contributed by atoms with Crippen LogP contribution >= 0.6 is 0 Å². The average Bonchev–Trinajstić information content (AvgIpc) is 3.30. The summed E-state index contributed by atoms with van der Waals surface area (Å²) in [5.41, 5.74) is 0.741. The van der Waals surface area contributed by atoms with Gasteiger partial charge in [0.15, 0.2) is 11.9 Å². The Balaban J connectivity index is 1.96. The fourth-order valence-corrected chi connectivity index (χ4v) is 3.61. The van der Waals surface area contributed by atoms with Crippen LogP contribution in [0.3, 0.4) is 0 Å². The predicted octanol–water partition coefficient (Wildman–Crippen LogP) is 4.14. The summed E-state index contributed by atoms with van der Waals surface area (Å²) in [4.78, 5) is 14.8. The molecular weight excluding hydrogens is 406 g/mol. The van der Waals surface area contributed by atoms with Crippen molar-refractivity contribution in [2.45, 2.75) is 19.2 Å². The molecule has 4 rings (SSSR count). The number of amides is 1. The van der Waals surface area contributed by atoms with Gasteiger partial charge in [-0.15, -0.1) is 0 Å². The molecule has 1 amide bonds. The molecule has 0 saturated carbocycles. The Labute approximate surface area is 166 Å². The lowest BCUT2D eigenvalue weighted by Gasteiger charge is -2.22. The Kier molecular flexibility index (Phi) is 4.69. The van der Waals surface area contributed by atoms with Gasteiger partial charge in [0, 0.05) is 18.7 Å². The van der Waals surface area contributed by atoms with E-state index in [1.165, 1.54) is 13.1 Å². The summed E-state index contributed by atoms with van der Waals surface area (Å²) < 4.78 is 61.8. The minimum absolute atomic E-state index is 0.0240. The zero-order chi connectivity index (χ0) is 21.6. The van der Waals surface area contributed by atoms with Gasteiger partial charge in [-0.25, -0.2) is 9.37 Å². The summed E-state index contributed by atoms with van der Waals surface area (Å²) in [5, 5.41) is 9.07. The molecule has 0 radical (unpaired) electrons. The molecule has 1 atom stereocenters. The SMILES string of the molecule is COC(c1c(F)c(C)c(-c2ccc3nc(NC=O)cn3c2)c2cn[nH]c12)C(F)(F)F. The molecule has 4 aromatic rings. The molecular formula is C19H15F4N5O2. The number of nitrogens with one attached hydrogen (secondary N) is 2. The second kappa shape index (κ2) is 7.10. The predicted molar refractivity (Wildman–Crippen MR) is 100 cm³/mol. The second-order valence-electron chi connectivity index (χ2n) is 6.62. The number of rotatable bonds is 5. The maximum Gasteiger partial charge on any atom is 0.419 e. The monoisotopic (exact) mass is 421 g/mol. The van der Waals surface area contributed by atoms with Gasteiger partial charge in [-0.1, -0.05) is 0 Å². The van der Waals surface area contributed by atoms with Crippen LogP contribution in [0.5, 0.6) is 0 Å². The van der Waals surface area contributed by atoms with Crippen LogP contribution in [0.25, 0.3) is 27.7 Å². The normalized spacial score (nSPS) is 13.1. The lowest BCUT2D eigenvalue weighted by atomic mass is 9.92. The van der Waals surface area contributed by atoms with E-state index in [0.717, 1.165) is 7.11 Å². The number of benzene rings is 1. The first kappa shape index (κ1) is 19.8. The van der Waals surface area contributed by atoms with Crippen LogP contribution in [0.2, 0.25) is 0 Å². The first-order valence-electron chi connectivity index (χ1n) is 8.70. The number of methoxy groups -OCH3 is 1. The van der Waals surface area contributed by atoms with E-state index in [0.29, 0.717) is 34.4 Å². The number of nitrogens with zero attached hydrogens (tertiary/aromatic N) is 3. The van der Waals surface area contributed by atoms with Gasteiger partial charge in [0.1, 0.15) is 11.5 Å². The highest BCUT2D eigenvalue weighted by molar-refractivity contribution is 5.98. The lowest BCUT2D eigenvalue weighted by Crippen LogP contribution is -2.24. The van der Waals surface area contributed by atoms with E-state index < -0.39 is 23.7 Å². The molecule has 0 aliphatic heterocycles. The van der Waals surface area contributed by atoms with Gasteiger partial charge in [-0.2, -0.15) is 18.3 Å². The van der Waals surface area contributed by atoms with Crippen LogP contribution in [-0.2, 0) is 9.53 Å². The maximum atomic E-state index is 15.2. The number of hydrogen-bond donors (Lipinski definition) is 2. The molecule has 1 aromatic carbocycles.